The number of aromatic amines is 1. The molecule has 3 N–H and O–H groups in total. The van der Waals surface area contributed by atoms with Crippen molar-refractivity contribution in [1.82, 2.24) is 4.98 Å². The molecule has 0 atom stereocenters. The summed E-state index contributed by atoms with van der Waals surface area (Å²) >= 11 is 0. The summed E-state index contributed by atoms with van der Waals surface area (Å²) in [5.74, 6) is -0.631. The van der Waals surface area contributed by atoms with Crippen molar-refractivity contribution >= 4 is 22.8 Å². The predicted molar refractivity (Wildman–Crippen MR) is 112 cm³/mol. The zero-order valence-electron chi connectivity index (χ0n) is 17.4. The van der Waals surface area contributed by atoms with Crippen LogP contribution in [0.4, 0.5) is 0 Å². The van der Waals surface area contributed by atoms with Crippen LogP contribution in [0, 0.1) is 0 Å². The summed E-state index contributed by atoms with van der Waals surface area (Å²) < 4.78 is 16.7. The number of nitrogens with two attached hydrogens (primary N) is 1. The molecule has 1 aromatic heterocycles. The minimum atomic E-state index is -1.36. The topological polar surface area (TPSA) is 121 Å². The number of H-pyrrole nitrogens is 1. The number of primary amides is 1. The van der Waals surface area contributed by atoms with Crippen LogP contribution in [-0.2, 0) is 9.53 Å². The monoisotopic (exact) mass is 416 g/mol. The molecule has 1 fully saturated rings. The zero-order chi connectivity index (χ0) is 21.7. The first-order valence-electron chi connectivity index (χ1n) is 10.3. The molecule has 1 amide bonds. The van der Waals surface area contributed by atoms with Crippen LogP contribution in [0.25, 0.3) is 10.9 Å². The number of esters is 1. The first kappa shape index (κ1) is 21.7. The number of ether oxygens (including phenoxy) is 3. The Labute approximate surface area is 174 Å². The van der Waals surface area contributed by atoms with Crippen molar-refractivity contribution in [3.8, 4) is 11.5 Å². The van der Waals surface area contributed by atoms with E-state index in [9.17, 15) is 14.4 Å². The van der Waals surface area contributed by atoms with E-state index in [2.05, 4.69) is 11.9 Å². The molecular weight excluding hydrogens is 388 g/mol. The molecule has 0 radical (unpaired) electrons. The van der Waals surface area contributed by atoms with Crippen LogP contribution in [0.3, 0.4) is 0 Å². The molecule has 0 aliphatic heterocycles. The summed E-state index contributed by atoms with van der Waals surface area (Å²) in [5.41, 5.74) is 3.81. The number of aromatic nitrogens is 1. The van der Waals surface area contributed by atoms with Crippen molar-refractivity contribution in [2.75, 3.05) is 13.7 Å². The lowest BCUT2D eigenvalue weighted by Gasteiger charge is -2.33. The fraction of sp³-hybridized carbons (Fsp3) is 0.500. The van der Waals surface area contributed by atoms with Crippen LogP contribution in [0.1, 0.15) is 62.2 Å². The highest BCUT2D eigenvalue weighted by Gasteiger charge is 2.42. The van der Waals surface area contributed by atoms with E-state index in [4.69, 9.17) is 19.9 Å². The van der Waals surface area contributed by atoms with Crippen molar-refractivity contribution in [2.24, 2.45) is 5.73 Å². The van der Waals surface area contributed by atoms with E-state index < -0.39 is 23.0 Å². The first-order chi connectivity index (χ1) is 14.4. The average Bonchev–Trinajstić information content (AvgIpc) is 2.74. The highest BCUT2D eigenvalue weighted by Crippen LogP contribution is 2.35. The van der Waals surface area contributed by atoms with Gasteiger partial charge in [0.05, 0.1) is 19.2 Å². The molecule has 1 heterocycles. The molecule has 0 saturated heterocycles. The quantitative estimate of drug-likeness (QED) is 0.504. The Balaban J connectivity index is 1.97. The number of pyridine rings is 1. The number of benzene rings is 1. The van der Waals surface area contributed by atoms with Crippen molar-refractivity contribution in [3.05, 3.63) is 34.1 Å². The van der Waals surface area contributed by atoms with Crippen LogP contribution in [0.2, 0.25) is 0 Å². The van der Waals surface area contributed by atoms with Gasteiger partial charge < -0.3 is 24.9 Å². The third kappa shape index (κ3) is 4.27. The second-order valence-corrected chi connectivity index (χ2v) is 7.58. The lowest BCUT2D eigenvalue weighted by atomic mass is 9.84. The number of fused-ring (bicyclic) bond motifs is 1. The average molecular weight is 416 g/mol. The van der Waals surface area contributed by atoms with E-state index in [1.807, 2.05) is 0 Å². The number of amides is 1. The standard InChI is InChI=1S/C22H28N2O6/c1-3-4-12-29-18-16(28-2)9-8-14-13-15(19(25)24-17(14)18)20(26)30-22(21(23)27)10-6-5-7-11-22/h8-9,13H,3-7,10-12H2,1-2H3,(H2,23,27)(H,24,25). The maximum absolute atomic E-state index is 12.8. The van der Waals surface area contributed by atoms with Gasteiger partial charge in [0.25, 0.3) is 11.5 Å². The van der Waals surface area contributed by atoms with E-state index in [1.165, 1.54) is 13.2 Å². The summed E-state index contributed by atoms with van der Waals surface area (Å²) in [4.78, 5) is 40.2. The Bertz CT molecular complexity index is 991. The van der Waals surface area contributed by atoms with Crippen LogP contribution >= 0.6 is 0 Å². The van der Waals surface area contributed by atoms with Gasteiger partial charge in [-0.05, 0) is 50.3 Å². The smallest absolute Gasteiger partial charge is 0.344 e. The minimum Gasteiger partial charge on any atom is -0.493 e. The van der Waals surface area contributed by atoms with Crippen LogP contribution in [0.15, 0.2) is 23.0 Å². The lowest BCUT2D eigenvalue weighted by molar-refractivity contribution is -0.140. The summed E-state index contributed by atoms with van der Waals surface area (Å²) in [5, 5.41) is 0.589. The Hall–Kier alpha value is -3.03. The normalized spacial score (nSPS) is 15.5. The molecule has 0 unspecified atom stereocenters. The van der Waals surface area contributed by atoms with E-state index >= 15 is 0 Å². The maximum Gasteiger partial charge on any atom is 0.344 e. The van der Waals surface area contributed by atoms with Gasteiger partial charge in [-0.15, -0.1) is 0 Å². The highest BCUT2D eigenvalue weighted by molar-refractivity contribution is 5.97. The SMILES string of the molecule is CCCCOc1c(OC)ccc2cc(C(=O)OC3(C(N)=O)CCCCC3)c(=O)[nH]c12. The molecule has 8 nitrogen and oxygen atoms in total. The van der Waals surface area contributed by atoms with E-state index in [-0.39, 0.29) is 5.56 Å². The maximum atomic E-state index is 12.8. The number of nitrogens with one attached hydrogen (secondary N) is 1. The number of carbonyl (C=O) groups excluding carboxylic acids is 2. The summed E-state index contributed by atoms with van der Waals surface area (Å²) in [6.45, 7) is 2.52. The minimum absolute atomic E-state index is 0.182. The van der Waals surface area contributed by atoms with E-state index in [0.717, 1.165) is 32.1 Å². The molecule has 0 spiro atoms. The number of unbranched alkanes of at least 4 members (excludes halogenated alkanes) is 1. The van der Waals surface area contributed by atoms with Gasteiger partial charge in [0, 0.05) is 5.39 Å². The van der Waals surface area contributed by atoms with Gasteiger partial charge in [-0.3, -0.25) is 9.59 Å². The molecule has 1 saturated carbocycles. The summed E-state index contributed by atoms with van der Waals surface area (Å²) in [7, 11) is 1.52. The molecule has 1 aliphatic rings. The summed E-state index contributed by atoms with van der Waals surface area (Å²) in [6.07, 6.45) is 4.97. The van der Waals surface area contributed by atoms with E-state index in [1.54, 1.807) is 12.1 Å². The van der Waals surface area contributed by atoms with Gasteiger partial charge in [0.1, 0.15) is 5.56 Å². The molecule has 3 rings (SSSR count). The van der Waals surface area contributed by atoms with Crippen molar-refractivity contribution < 1.29 is 23.8 Å². The Morgan fingerprint density at radius 1 is 1.20 bits per heavy atom. The highest BCUT2D eigenvalue weighted by atomic mass is 16.6. The number of hydrogen-bond donors (Lipinski definition) is 2. The Kier molecular flexibility index (Phi) is 6.64. The van der Waals surface area contributed by atoms with Crippen LogP contribution < -0.4 is 20.8 Å². The van der Waals surface area contributed by atoms with Crippen LogP contribution in [-0.4, -0.2) is 36.2 Å². The van der Waals surface area contributed by atoms with Crippen LogP contribution in [0.5, 0.6) is 11.5 Å². The van der Waals surface area contributed by atoms with Gasteiger partial charge in [-0.1, -0.05) is 19.8 Å². The van der Waals surface area contributed by atoms with Gasteiger partial charge in [0.2, 0.25) is 0 Å². The van der Waals surface area contributed by atoms with Gasteiger partial charge >= 0.3 is 5.97 Å². The van der Waals surface area contributed by atoms with Crippen molar-refractivity contribution in [3.63, 3.8) is 0 Å². The largest absolute Gasteiger partial charge is 0.493 e. The summed E-state index contributed by atoms with van der Waals surface area (Å²) in [6, 6.07) is 4.88. The molecule has 162 valence electrons. The van der Waals surface area contributed by atoms with E-state index in [0.29, 0.717) is 41.9 Å². The molecule has 0 bridgehead atoms. The number of rotatable bonds is 8. The predicted octanol–water partition coefficient (Wildman–Crippen LogP) is 3.06. The first-order valence-corrected chi connectivity index (χ1v) is 10.3. The number of methoxy groups -OCH3 is 1. The molecular formula is C22H28N2O6. The molecule has 1 aliphatic carbocycles. The van der Waals surface area contributed by atoms with Crippen molar-refractivity contribution in [1.29, 1.82) is 0 Å². The Morgan fingerprint density at radius 3 is 2.57 bits per heavy atom. The van der Waals surface area contributed by atoms with Gasteiger partial charge in [-0.25, -0.2) is 4.79 Å². The second-order valence-electron chi connectivity index (χ2n) is 7.58. The van der Waals surface area contributed by atoms with Gasteiger partial charge in [0.15, 0.2) is 17.1 Å². The molecule has 1 aromatic carbocycles. The lowest BCUT2D eigenvalue weighted by Crippen LogP contribution is -2.49. The molecule has 30 heavy (non-hydrogen) atoms. The molecule has 2 aromatic rings. The number of hydrogen-bond acceptors (Lipinski definition) is 6. The third-order valence-corrected chi connectivity index (χ3v) is 5.52. The fourth-order valence-corrected chi connectivity index (χ4v) is 3.76. The van der Waals surface area contributed by atoms with Crippen molar-refractivity contribution in [2.45, 2.75) is 57.5 Å². The second kappa shape index (κ2) is 9.19. The Morgan fingerprint density at radius 2 is 1.93 bits per heavy atom. The number of carbonyl (C=O) groups is 2. The molecule has 8 heteroatoms. The third-order valence-electron chi connectivity index (χ3n) is 5.52. The zero-order valence-corrected chi connectivity index (χ0v) is 17.4. The fourth-order valence-electron chi connectivity index (χ4n) is 3.76. The van der Waals surface area contributed by atoms with Gasteiger partial charge in [-0.2, -0.15) is 0 Å².